The largest absolute Gasteiger partial charge is 0.325 e. The molecule has 0 saturated carbocycles. The zero-order valence-electron chi connectivity index (χ0n) is 14.2. The van der Waals surface area contributed by atoms with Gasteiger partial charge in [0, 0.05) is 11.3 Å². The summed E-state index contributed by atoms with van der Waals surface area (Å²) >= 11 is 1.26. The van der Waals surface area contributed by atoms with Crippen LogP contribution in [0.4, 0.5) is 5.69 Å². The minimum atomic E-state index is -0.0989. The lowest BCUT2D eigenvalue weighted by Crippen LogP contribution is -2.18. The third-order valence-corrected chi connectivity index (χ3v) is 5.07. The van der Waals surface area contributed by atoms with Crippen molar-refractivity contribution in [2.45, 2.75) is 45.2 Å². The Kier molecular flexibility index (Phi) is 4.76. The Bertz CT molecular complexity index is 835. The molecule has 1 heterocycles. The van der Waals surface area contributed by atoms with Crippen molar-refractivity contribution in [3.63, 3.8) is 0 Å². The number of amides is 1. The molecule has 1 aliphatic carbocycles. The normalized spacial score (nSPS) is 13.0. The third-order valence-electron chi connectivity index (χ3n) is 4.20. The highest BCUT2D eigenvalue weighted by molar-refractivity contribution is 7.99. The van der Waals surface area contributed by atoms with Crippen molar-refractivity contribution in [3.8, 4) is 0 Å². The molecular formula is C18H21N3O2S. The second-order valence-electron chi connectivity index (χ2n) is 6.26. The van der Waals surface area contributed by atoms with E-state index in [1.807, 2.05) is 20.8 Å². The average Bonchev–Trinajstić information content (AvgIpc) is 2.98. The Morgan fingerprint density at radius 3 is 2.67 bits per heavy atom. The van der Waals surface area contributed by atoms with Gasteiger partial charge in [-0.2, -0.15) is 0 Å². The first-order chi connectivity index (χ1) is 11.4. The molecule has 24 heavy (non-hydrogen) atoms. The monoisotopic (exact) mass is 343 g/mol. The van der Waals surface area contributed by atoms with Crippen LogP contribution >= 0.6 is 11.8 Å². The number of rotatable bonds is 4. The molecule has 0 unspecified atom stereocenters. The van der Waals surface area contributed by atoms with Crippen molar-refractivity contribution >= 4 is 23.4 Å². The topological polar surface area (TPSA) is 74.8 Å². The number of carbonyl (C=O) groups excluding carboxylic acids is 1. The number of anilines is 1. The lowest BCUT2D eigenvalue weighted by molar-refractivity contribution is -0.113. The van der Waals surface area contributed by atoms with Gasteiger partial charge in [-0.05, 0) is 51.2 Å². The number of hydrogen-bond acceptors (Lipinski definition) is 4. The van der Waals surface area contributed by atoms with E-state index in [2.05, 4.69) is 27.4 Å². The maximum Gasteiger partial charge on any atom is 0.254 e. The van der Waals surface area contributed by atoms with Gasteiger partial charge >= 0.3 is 0 Å². The number of benzene rings is 1. The lowest BCUT2D eigenvalue weighted by Gasteiger charge is -2.12. The molecule has 0 atom stereocenters. The highest BCUT2D eigenvalue weighted by Crippen LogP contribution is 2.23. The van der Waals surface area contributed by atoms with Crippen molar-refractivity contribution in [2.24, 2.45) is 0 Å². The lowest BCUT2D eigenvalue weighted by atomic mass is 10.1. The maximum absolute atomic E-state index is 12.2. The summed E-state index contributed by atoms with van der Waals surface area (Å²) in [5.74, 6) is 0.118. The number of nitrogens with one attached hydrogen (secondary N) is 2. The van der Waals surface area contributed by atoms with Crippen LogP contribution in [0.2, 0.25) is 0 Å². The van der Waals surface area contributed by atoms with E-state index in [-0.39, 0.29) is 17.2 Å². The minimum absolute atomic E-state index is 0.0642. The number of fused-ring (bicyclic) bond motifs is 1. The van der Waals surface area contributed by atoms with Gasteiger partial charge in [-0.15, -0.1) is 0 Å². The van der Waals surface area contributed by atoms with Crippen LogP contribution in [0.3, 0.4) is 0 Å². The molecule has 1 amide bonds. The number of aryl methyl sites for hydroxylation is 4. The average molecular weight is 343 g/mol. The van der Waals surface area contributed by atoms with E-state index >= 15 is 0 Å². The van der Waals surface area contributed by atoms with Crippen molar-refractivity contribution < 1.29 is 4.79 Å². The molecule has 0 fully saturated rings. The van der Waals surface area contributed by atoms with Gasteiger partial charge in [0.25, 0.3) is 5.56 Å². The summed E-state index contributed by atoms with van der Waals surface area (Å²) < 4.78 is 0. The van der Waals surface area contributed by atoms with Gasteiger partial charge in [-0.3, -0.25) is 9.59 Å². The number of aromatic nitrogens is 2. The number of thioether (sulfide) groups is 1. The summed E-state index contributed by atoms with van der Waals surface area (Å²) in [5, 5.41) is 3.48. The van der Waals surface area contributed by atoms with E-state index in [1.165, 1.54) is 17.3 Å². The fourth-order valence-corrected chi connectivity index (χ4v) is 3.85. The van der Waals surface area contributed by atoms with E-state index in [0.29, 0.717) is 5.16 Å². The summed E-state index contributed by atoms with van der Waals surface area (Å²) in [6, 6.07) is 4.10. The SMILES string of the molecule is Cc1cc(C)c(NC(=O)CSc2nc3c(c(=O)[nH]2)CCC3)c(C)c1. The number of carbonyl (C=O) groups is 1. The number of aromatic amines is 1. The van der Waals surface area contributed by atoms with Crippen LogP contribution in [0.25, 0.3) is 0 Å². The van der Waals surface area contributed by atoms with Crippen LogP contribution in [0.15, 0.2) is 22.1 Å². The van der Waals surface area contributed by atoms with E-state index in [4.69, 9.17) is 0 Å². The molecule has 126 valence electrons. The molecule has 3 rings (SSSR count). The predicted octanol–water partition coefficient (Wildman–Crippen LogP) is 2.91. The summed E-state index contributed by atoms with van der Waals surface area (Å²) in [4.78, 5) is 31.5. The number of H-pyrrole nitrogens is 1. The third kappa shape index (κ3) is 3.53. The van der Waals surface area contributed by atoms with Gasteiger partial charge in [0.05, 0.1) is 11.4 Å². The Morgan fingerprint density at radius 2 is 1.96 bits per heavy atom. The second-order valence-corrected chi connectivity index (χ2v) is 7.22. The second kappa shape index (κ2) is 6.81. The first-order valence-corrected chi connectivity index (χ1v) is 9.05. The Morgan fingerprint density at radius 1 is 1.25 bits per heavy atom. The quantitative estimate of drug-likeness (QED) is 0.661. The fraction of sp³-hybridized carbons (Fsp3) is 0.389. The molecule has 1 aromatic carbocycles. The van der Waals surface area contributed by atoms with Gasteiger partial charge in [-0.1, -0.05) is 29.5 Å². The van der Waals surface area contributed by atoms with Gasteiger partial charge in [0.15, 0.2) is 5.16 Å². The minimum Gasteiger partial charge on any atom is -0.325 e. The van der Waals surface area contributed by atoms with Gasteiger partial charge in [0.1, 0.15) is 0 Å². The summed E-state index contributed by atoms with van der Waals surface area (Å²) in [7, 11) is 0. The molecule has 0 radical (unpaired) electrons. The zero-order valence-corrected chi connectivity index (χ0v) is 15.0. The fourth-order valence-electron chi connectivity index (χ4n) is 3.17. The zero-order chi connectivity index (χ0) is 17.3. The van der Waals surface area contributed by atoms with Crippen LogP contribution in [-0.2, 0) is 17.6 Å². The van der Waals surface area contributed by atoms with Crippen molar-refractivity contribution in [1.82, 2.24) is 9.97 Å². The van der Waals surface area contributed by atoms with Crippen LogP contribution in [0.5, 0.6) is 0 Å². The molecule has 0 aliphatic heterocycles. The summed E-state index contributed by atoms with van der Waals surface area (Å²) in [6.45, 7) is 6.02. The van der Waals surface area contributed by atoms with E-state index < -0.39 is 0 Å². The molecule has 5 nitrogen and oxygen atoms in total. The Hall–Kier alpha value is -2.08. The van der Waals surface area contributed by atoms with E-state index in [0.717, 1.165) is 47.3 Å². The molecule has 0 bridgehead atoms. The molecule has 6 heteroatoms. The van der Waals surface area contributed by atoms with E-state index in [1.54, 1.807) is 0 Å². The Labute approximate surface area is 145 Å². The molecule has 2 N–H and O–H groups in total. The maximum atomic E-state index is 12.2. The number of hydrogen-bond donors (Lipinski definition) is 2. The molecular weight excluding hydrogens is 322 g/mol. The highest BCUT2D eigenvalue weighted by Gasteiger charge is 2.17. The van der Waals surface area contributed by atoms with Gasteiger partial charge < -0.3 is 10.3 Å². The predicted molar refractivity (Wildman–Crippen MR) is 96.9 cm³/mol. The molecule has 1 aliphatic rings. The molecule has 1 aromatic heterocycles. The summed E-state index contributed by atoms with van der Waals surface area (Å²) in [5.41, 5.74) is 5.76. The highest BCUT2D eigenvalue weighted by atomic mass is 32.2. The molecule has 0 spiro atoms. The van der Waals surface area contributed by atoms with Gasteiger partial charge in [0.2, 0.25) is 5.91 Å². The summed E-state index contributed by atoms with van der Waals surface area (Å²) in [6.07, 6.45) is 2.63. The van der Waals surface area contributed by atoms with Gasteiger partial charge in [-0.25, -0.2) is 4.98 Å². The van der Waals surface area contributed by atoms with Crippen LogP contribution in [0.1, 0.15) is 34.4 Å². The molecule has 2 aromatic rings. The van der Waals surface area contributed by atoms with Crippen molar-refractivity contribution in [2.75, 3.05) is 11.1 Å². The number of nitrogens with zero attached hydrogens (tertiary/aromatic N) is 1. The van der Waals surface area contributed by atoms with Crippen LogP contribution in [-0.4, -0.2) is 21.6 Å². The van der Waals surface area contributed by atoms with Crippen LogP contribution < -0.4 is 10.9 Å². The van der Waals surface area contributed by atoms with Crippen molar-refractivity contribution in [3.05, 3.63) is 50.4 Å². The smallest absolute Gasteiger partial charge is 0.254 e. The van der Waals surface area contributed by atoms with E-state index in [9.17, 15) is 9.59 Å². The molecule has 0 saturated heterocycles. The first kappa shape index (κ1) is 16.8. The Balaban J connectivity index is 1.67. The van der Waals surface area contributed by atoms with Crippen LogP contribution in [0, 0.1) is 20.8 Å². The first-order valence-electron chi connectivity index (χ1n) is 8.06. The van der Waals surface area contributed by atoms with Crippen molar-refractivity contribution in [1.29, 1.82) is 0 Å². The standard InChI is InChI=1S/C18H21N3O2S/c1-10-7-11(2)16(12(3)8-10)20-15(22)9-24-18-19-14-6-4-5-13(14)17(23)21-18/h7-8H,4-6,9H2,1-3H3,(H,20,22)(H,19,21,23).